The SMILES string of the molecule is C#CC1C2CC(Br)C1CC2=O. The highest BCUT2D eigenvalue weighted by molar-refractivity contribution is 9.09. The molecule has 0 radical (unpaired) electrons. The molecule has 58 valence electrons. The van der Waals surface area contributed by atoms with Gasteiger partial charge in [-0.05, 0) is 12.3 Å². The van der Waals surface area contributed by atoms with Crippen molar-refractivity contribution < 1.29 is 4.79 Å². The molecule has 0 aromatic carbocycles. The highest BCUT2D eigenvalue weighted by Crippen LogP contribution is 2.49. The molecule has 0 N–H and O–H groups in total. The number of Topliss-reactive ketones (excluding diaryl/α,β-unsaturated/α-hetero) is 1. The lowest BCUT2D eigenvalue weighted by Crippen LogP contribution is -2.16. The van der Waals surface area contributed by atoms with Crippen molar-refractivity contribution in [3.8, 4) is 12.3 Å². The van der Waals surface area contributed by atoms with Gasteiger partial charge in [0.05, 0.1) is 0 Å². The number of halogens is 1. The third-order valence-corrected chi connectivity index (χ3v) is 3.93. The van der Waals surface area contributed by atoms with Gasteiger partial charge in [-0.1, -0.05) is 15.9 Å². The van der Waals surface area contributed by atoms with Gasteiger partial charge in [0, 0.05) is 23.1 Å². The number of alkyl halides is 1. The molecule has 0 heterocycles. The molecule has 0 aromatic heterocycles. The number of terminal acetylenes is 1. The minimum absolute atomic E-state index is 0.175. The molecule has 11 heavy (non-hydrogen) atoms. The Morgan fingerprint density at radius 3 is 2.73 bits per heavy atom. The van der Waals surface area contributed by atoms with E-state index >= 15 is 0 Å². The zero-order chi connectivity index (χ0) is 8.01. The molecule has 0 saturated heterocycles. The van der Waals surface area contributed by atoms with E-state index in [1.807, 2.05) is 0 Å². The van der Waals surface area contributed by atoms with Gasteiger partial charge in [-0.15, -0.1) is 12.3 Å². The Balaban J connectivity index is 2.29. The Kier molecular flexibility index (Phi) is 1.57. The average Bonchev–Trinajstić information content (AvgIpc) is 2.42. The van der Waals surface area contributed by atoms with Crippen molar-refractivity contribution >= 4 is 21.7 Å². The molecule has 2 aliphatic carbocycles. The van der Waals surface area contributed by atoms with Gasteiger partial charge in [0.25, 0.3) is 0 Å². The summed E-state index contributed by atoms with van der Waals surface area (Å²) >= 11 is 3.56. The lowest BCUT2D eigenvalue weighted by atomic mass is 9.99. The summed E-state index contributed by atoms with van der Waals surface area (Å²) in [7, 11) is 0. The van der Waals surface area contributed by atoms with Crippen molar-refractivity contribution in [1.29, 1.82) is 0 Å². The van der Waals surface area contributed by atoms with E-state index < -0.39 is 0 Å². The van der Waals surface area contributed by atoms with Gasteiger partial charge >= 0.3 is 0 Å². The van der Waals surface area contributed by atoms with E-state index in [0.717, 1.165) is 6.42 Å². The van der Waals surface area contributed by atoms with Gasteiger partial charge in [-0.3, -0.25) is 4.79 Å². The molecule has 0 spiro atoms. The van der Waals surface area contributed by atoms with Gasteiger partial charge in [0.2, 0.25) is 0 Å². The second-order valence-corrected chi connectivity index (χ2v) is 4.56. The maximum atomic E-state index is 11.2. The molecule has 0 aromatic rings. The molecular weight excluding hydrogens is 204 g/mol. The predicted molar refractivity (Wildman–Crippen MR) is 46.3 cm³/mol. The normalized spacial score (nSPS) is 47.8. The third-order valence-electron chi connectivity index (χ3n) is 2.88. The highest BCUT2D eigenvalue weighted by atomic mass is 79.9. The van der Waals surface area contributed by atoms with Gasteiger partial charge in [0.1, 0.15) is 5.78 Å². The van der Waals surface area contributed by atoms with Crippen LogP contribution >= 0.6 is 15.9 Å². The summed E-state index contributed by atoms with van der Waals surface area (Å²) in [5.41, 5.74) is 0. The first-order chi connectivity index (χ1) is 5.24. The summed E-state index contributed by atoms with van der Waals surface area (Å²) in [4.78, 5) is 11.7. The maximum Gasteiger partial charge on any atom is 0.137 e. The van der Waals surface area contributed by atoms with Crippen LogP contribution in [0.4, 0.5) is 0 Å². The van der Waals surface area contributed by atoms with Crippen LogP contribution in [-0.2, 0) is 4.79 Å². The molecule has 2 heteroatoms. The Morgan fingerprint density at radius 1 is 1.64 bits per heavy atom. The van der Waals surface area contributed by atoms with Gasteiger partial charge in [-0.2, -0.15) is 0 Å². The van der Waals surface area contributed by atoms with Crippen molar-refractivity contribution in [1.82, 2.24) is 0 Å². The van der Waals surface area contributed by atoms with Crippen LogP contribution in [0.2, 0.25) is 0 Å². The van der Waals surface area contributed by atoms with Crippen LogP contribution < -0.4 is 0 Å². The predicted octanol–water partition coefficient (Wildman–Crippen LogP) is 1.61. The fourth-order valence-electron chi connectivity index (χ4n) is 2.30. The Bertz CT molecular complexity index is 240. The van der Waals surface area contributed by atoms with Crippen LogP contribution in [0.3, 0.4) is 0 Å². The molecule has 1 nitrogen and oxygen atoms in total. The number of hydrogen-bond donors (Lipinski definition) is 0. The van der Waals surface area contributed by atoms with E-state index in [2.05, 4.69) is 21.9 Å². The van der Waals surface area contributed by atoms with Crippen molar-refractivity contribution in [3.63, 3.8) is 0 Å². The fraction of sp³-hybridized carbons (Fsp3) is 0.667. The summed E-state index contributed by atoms with van der Waals surface area (Å²) in [6.45, 7) is 0. The van der Waals surface area contributed by atoms with Gasteiger partial charge in [-0.25, -0.2) is 0 Å². The monoisotopic (exact) mass is 212 g/mol. The second-order valence-electron chi connectivity index (χ2n) is 3.38. The van der Waals surface area contributed by atoms with Gasteiger partial charge in [0.15, 0.2) is 0 Å². The Labute approximate surface area is 74.7 Å². The molecule has 2 rings (SSSR count). The first-order valence-electron chi connectivity index (χ1n) is 3.87. The molecule has 2 fully saturated rings. The first-order valence-corrected chi connectivity index (χ1v) is 4.78. The average molecular weight is 213 g/mol. The van der Waals surface area contributed by atoms with Crippen LogP contribution in [0, 0.1) is 30.1 Å². The Morgan fingerprint density at radius 2 is 2.36 bits per heavy atom. The minimum atomic E-state index is 0.175. The number of ketones is 1. The lowest BCUT2D eigenvalue weighted by molar-refractivity contribution is -0.121. The van der Waals surface area contributed by atoms with Crippen LogP contribution in [0.1, 0.15) is 12.8 Å². The summed E-state index contributed by atoms with van der Waals surface area (Å²) in [5.74, 6) is 3.95. The van der Waals surface area contributed by atoms with Crippen LogP contribution in [-0.4, -0.2) is 10.6 Å². The van der Waals surface area contributed by atoms with E-state index in [9.17, 15) is 4.79 Å². The quantitative estimate of drug-likeness (QED) is 0.441. The Hall–Kier alpha value is -0.290. The molecular formula is C9H9BrO. The van der Waals surface area contributed by atoms with E-state index in [0.29, 0.717) is 22.9 Å². The molecule has 0 amide bonds. The van der Waals surface area contributed by atoms with E-state index in [-0.39, 0.29) is 11.8 Å². The summed E-state index contributed by atoms with van der Waals surface area (Å²) in [6.07, 6.45) is 7.02. The number of carbonyl (C=O) groups excluding carboxylic acids is 1. The van der Waals surface area contributed by atoms with Crippen LogP contribution in [0.25, 0.3) is 0 Å². The van der Waals surface area contributed by atoms with Gasteiger partial charge < -0.3 is 0 Å². The molecule has 4 unspecified atom stereocenters. The fourth-order valence-corrected chi connectivity index (χ4v) is 3.22. The minimum Gasteiger partial charge on any atom is -0.299 e. The molecule has 4 atom stereocenters. The van der Waals surface area contributed by atoms with Crippen molar-refractivity contribution in [3.05, 3.63) is 0 Å². The zero-order valence-electron chi connectivity index (χ0n) is 6.09. The topological polar surface area (TPSA) is 17.1 Å². The van der Waals surface area contributed by atoms with E-state index in [1.165, 1.54) is 0 Å². The second kappa shape index (κ2) is 2.35. The van der Waals surface area contributed by atoms with Crippen LogP contribution in [0.15, 0.2) is 0 Å². The number of carbonyl (C=O) groups is 1. The highest BCUT2D eigenvalue weighted by Gasteiger charge is 2.51. The standard InChI is InChI=1S/C9H9BrO/c1-2-5-6-4-9(11)7(5)3-8(6)10/h1,5-8H,3-4H2. The van der Waals surface area contributed by atoms with E-state index in [4.69, 9.17) is 6.42 Å². The summed E-state index contributed by atoms with van der Waals surface area (Å²) in [5, 5.41) is 0. The van der Waals surface area contributed by atoms with Crippen molar-refractivity contribution in [2.45, 2.75) is 17.7 Å². The third kappa shape index (κ3) is 0.873. The number of fused-ring (bicyclic) bond motifs is 2. The maximum absolute atomic E-state index is 11.2. The molecule has 2 saturated carbocycles. The van der Waals surface area contributed by atoms with E-state index in [1.54, 1.807) is 0 Å². The van der Waals surface area contributed by atoms with Crippen LogP contribution in [0.5, 0.6) is 0 Å². The largest absolute Gasteiger partial charge is 0.299 e. The molecule has 0 aliphatic heterocycles. The first kappa shape index (κ1) is 7.36. The lowest BCUT2D eigenvalue weighted by Gasteiger charge is -2.13. The number of hydrogen-bond acceptors (Lipinski definition) is 1. The summed E-state index contributed by atoms with van der Waals surface area (Å²) in [6, 6.07) is 0. The zero-order valence-corrected chi connectivity index (χ0v) is 7.67. The smallest absolute Gasteiger partial charge is 0.137 e. The molecule has 2 aliphatic rings. The molecule has 2 bridgehead atoms. The van der Waals surface area contributed by atoms with Crippen molar-refractivity contribution in [2.75, 3.05) is 0 Å². The number of rotatable bonds is 0. The van der Waals surface area contributed by atoms with Crippen molar-refractivity contribution in [2.24, 2.45) is 17.8 Å². The summed E-state index contributed by atoms with van der Waals surface area (Å²) < 4.78 is 0.